The topological polar surface area (TPSA) is 352 Å². The second-order valence-corrected chi connectivity index (χ2v) is 43.2. The molecule has 7 saturated heterocycles. The predicted octanol–water partition coefficient (Wildman–Crippen LogP) is 9.28. The average Bonchev–Trinajstić information content (AvgIpc) is 1.61. The number of aliphatic hydroxyl groups excluding tert-OH is 1. The number of carbonyl (C=O) groups is 11. The number of halogens is 3. The second-order valence-electron chi connectivity index (χ2n) is 43.2. The highest BCUT2D eigenvalue weighted by Crippen LogP contribution is 2.43. The van der Waals surface area contributed by atoms with Crippen molar-refractivity contribution < 1.29 is 71.0 Å². The number of hydrogen-bond donors (Lipinski definition) is 10. The summed E-state index contributed by atoms with van der Waals surface area (Å²) in [6.45, 7) is 71.1. The van der Waals surface area contributed by atoms with Gasteiger partial charge in [-0.3, -0.25) is 38.6 Å². The zero-order chi connectivity index (χ0) is 96.3. The fourth-order valence-corrected chi connectivity index (χ4v) is 14.0. The van der Waals surface area contributed by atoms with Gasteiger partial charge in [-0.25, -0.2) is 24.0 Å². The molecule has 0 aromatic rings. The van der Waals surface area contributed by atoms with Crippen LogP contribution < -0.4 is 47.9 Å². The van der Waals surface area contributed by atoms with Crippen molar-refractivity contribution in [3.63, 3.8) is 0 Å². The van der Waals surface area contributed by atoms with Crippen LogP contribution in [0.3, 0.4) is 0 Å². The Hall–Kier alpha value is -7.66. The van der Waals surface area contributed by atoms with Gasteiger partial charge in [0.25, 0.3) is 0 Å². The Morgan fingerprint density at radius 3 is 1.33 bits per heavy atom. The highest BCUT2D eigenvalue weighted by molar-refractivity contribution is 5.90. The third-order valence-corrected chi connectivity index (χ3v) is 21.4. The lowest BCUT2D eigenvalue weighted by atomic mass is 9.80. The Morgan fingerprint density at radius 1 is 0.496 bits per heavy atom. The molecule has 10 N–H and O–H groups in total. The van der Waals surface area contributed by atoms with E-state index in [0.717, 1.165) is 97.4 Å². The van der Waals surface area contributed by atoms with Crippen LogP contribution in [0, 0.1) is 23.2 Å². The van der Waals surface area contributed by atoms with E-state index < -0.39 is 23.8 Å². The number of likely N-dealkylation sites (tertiary alicyclic amines) is 2. The molecule has 0 aromatic carbocycles. The highest BCUT2D eigenvalue weighted by atomic mass is 19.4. The zero-order valence-electron chi connectivity index (χ0n) is 82.9. The molecule has 2 saturated carbocycles. The van der Waals surface area contributed by atoms with Crippen molar-refractivity contribution >= 4 is 65.6 Å². The van der Waals surface area contributed by atoms with Gasteiger partial charge in [0.15, 0.2) is 0 Å². The van der Waals surface area contributed by atoms with Crippen LogP contribution in [-0.2, 0) is 28.8 Å². The van der Waals surface area contributed by atoms with Crippen molar-refractivity contribution in [2.45, 2.75) is 320 Å². The van der Waals surface area contributed by atoms with Crippen molar-refractivity contribution in [3.05, 3.63) is 12.3 Å². The van der Waals surface area contributed by atoms with Crippen molar-refractivity contribution in [1.29, 1.82) is 0 Å². The number of alkyl halides is 3. The number of nitrogens with one attached hydrogen (secondary N) is 9. The summed E-state index contributed by atoms with van der Waals surface area (Å²) >= 11 is 0. The highest BCUT2D eigenvalue weighted by Gasteiger charge is 2.51. The Balaban J connectivity index is 0.000000485. The van der Waals surface area contributed by atoms with Crippen LogP contribution in [0.2, 0.25) is 0 Å². The monoisotopic (exact) mass is 1780 g/mol. The predicted molar refractivity (Wildman–Crippen MR) is 489 cm³/mol. The van der Waals surface area contributed by atoms with E-state index in [1.54, 1.807) is 42.5 Å². The minimum absolute atomic E-state index is 0.00897. The van der Waals surface area contributed by atoms with Crippen LogP contribution >= 0.6 is 0 Å². The third-order valence-electron chi connectivity index (χ3n) is 21.4. The molecule has 9 aliphatic rings. The fraction of sp³-hybridized carbons (Fsp3) is 0.856. The van der Waals surface area contributed by atoms with Crippen LogP contribution in [0.25, 0.3) is 0 Å². The van der Waals surface area contributed by atoms with E-state index in [2.05, 4.69) is 85.1 Å². The van der Waals surface area contributed by atoms with Crippen LogP contribution in [0.1, 0.15) is 252 Å². The zero-order valence-corrected chi connectivity index (χ0v) is 82.9. The molecule has 2 aliphatic carbocycles. The molecule has 7 heterocycles. The number of hydrogen-bond acceptors (Lipinski definition) is 16. The van der Waals surface area contributed by atoms with Crippen molar-refractivity contribution in [2.24, 2.45) is 23.2 Å². The molecule has 1 spiro atoms. The molecule has 0 radical (unpaired) electrons. The molecule has 0 bridgehead atoms. The van der Waals surface area contributed by atoms with Crippen LogP contribution in [0.15, 0.2) is 12.3 Å². The summed E-state index contributed by atoms with van der Waals surface area (Å²) < 4.78 is 38.3. The maximum absolute atomic E-state index is 12.8. The Morgan fingerprint density at radius 2 is 0.928 bits per heavy atom. The first kappa shape index (κ1) is 113. The van der Waals surface area contributed by atoms with Crippen LogP contribution in [0.4, 0.5) is 37.1 Å². The van der Waals surface area contributed by atoms with Gasteiger partial charge in [-0.15, -0.1) is 0 Å². The Kier molecular flexibility index (Phi) is 44.1. The van der Waals surface area contributed by atoms with E-state index in [1.807, 2.05) is 179 Å². The first-order valence-corrected chi connectivity index (χ1v) is 45.3. The van der Waals surface area contributed by atoms with Gasteiger partial charge in [0.1, 0.15) is 19.1 Å². The minimum atomic E-state index is -4.31. The van der Waals surface area contributed by atoms with Gasteiger partial charge in [0.05, 0.1) is 24.4 Å². The number of aliphatic hydroxyl groups is 1. The summed E-state index contributed by atoms with van der Waals surface area (Å²) in [5.41, 5.74) is -0.307. The number of rotatable bonds is 10. The number of allylic oxidation sites excluding steroid dienone is 1. The van der Waals surface area contributed by atoms with E-state index in [1.165, 1.54) is 35.4 Å². The molecule has 0 aromatic heterocycles. The molecule has 724 valence electrons. The Bertz CT molecular complexity index is 3470. The first-order valence-electron chi connectivity index (χ1n) is 45.3. The van der Waals surface area contributed by atoms with Gasteiger partial charge in [0.2, 0.25) is 35.4 Å². The minimum Gasteiger partial charge on any atom is -0.396 e. The molecule has 5 atom stereocenters. The first-order chi connectivity index (χ1) is 57.0. The molecule has 5 unspecified atom stereocenters. The lowest BCUT2D eigenvalue weighted by Crippen LogP contribution is -2.61. The molecule has 9 fully saturated rings. The molecule has 125 heavy (non-hydrogen) atoms. The van der Waals surface area contributed by atoms with Gasteiger partial charge in [-0.05, 0) is 230 Å². The number of piperidine rings is 1. The van der Waals surface area contributed by atoms with E-state index >= 15 is 0 Å². The number of piperazine rings is 5. The summed E-state index contributed by atoms with van der Waals surface area (Å²) in [4.78, 5) is 149. The molecular formula is C90H171F3N20O12. The smallest absolute Gasteiger partial charge is 0.396 e. The van der Waals surface area contributed by atoms with E-state index in [4.69, 9.17) is 5.11 Å². The summed E-state index contributed by atoms with van der Waals surface area (Å²) in [5.74, 6) is -0.000576. The van der Waals surface area contributed by atoms with Crippen molar-refractivity contribution in [3.8, 4) is 0 Å². The summed E-state index contributed by atoms with van der Waals surface area (Å²) in [7, 11) is 5.35. The average molecular weight is 1780 g/mol. The SMILES string of the molecule is C=C1CCC(C(=O)NC(C)(C)C)CN1CC.CC(C)(C)NC(=O)C1CC(=O)N(C2CC2)C1.CC1CN(C(=O)NC(C)(C)C)CCN1.CCCN1CCN(C(=O)NC(C)(C)C)CC1=O.CCCNC(=O)C(CO)C(C)(C)C.CN1CCN(C(=O)NC(C)(C)C)CC12CC2.CN1CCN(C(=O)NC(C)(C)C)CC1=O.CN1CCN(C(=O)NC(C)(C)C)CC1C(F)(F)F. The number of carbonyl (C=O) groups excluding carboxylic acids is 11. The maximum atomic E-state index is 12.8. The summed E-state index contributed by atoms with van der Waals surface area (Å²) in [6, 6.07) is -1.38. The standard InChI is InChI=1S/C13H24N2O.C12H23N3O2.C12H23N3O.C12H20N2O2.C11H20F3N3O.C10H19N3O2.C10H21N3O.C10H21NO2/c1-6-15-9-11(8-7-10(15)2)12(16)14-13(3,4)5;1-5-6-14-7-8-15(9-10(14)16)11(17)13-12(2,3)4;1-11(2,3)13-10(16)15-8-7-14(4)12(9-15)5-6-12;1-12(2,3)13-11(16)8-6-10(15)14(7-8)9-4-5-9;1-10(2,3)15-9(18)17-6-5-16(4)8(7-17)11(12,13)14;1-10(2,3)11-9(15)13-6-5-12(4)8(14)7-13;1-8-7-13(6-5-11-8)9(14)12-10(2,3)4;1-5-6-11-9(13)8(7-12)10(2,3)4/h11H,2,6-9H2,1,3-5H3,(H,14,16);5-9H2,1-4H3,(H,13,17);5-9H2,1-4H3,(H,13,16);8-9H,4-7H2,1-3H3,(H,13,16);8H,5-7H2,1-4H3,(H,15,18);5-7H2,1-4H3,(H,11,15);8,11H,5-7H2,1-4H3,(H,12,14);8,12H,5-7H2,1-4H3,(H,11,13). The Labute approximate surface area is 749 Å². The number of likely N-dealkylation sites (N-methyl/N-ethyl adjacent to an activating group) is 3. The molecule has 16 amide bonds. The molecule has 9 rings (SSSR count). The maximum Gasteiger partial charge on any atom is 0.405 e. The van der Waals surface area contributed by atoms with Gasteiger partial charge in [-0.2, -0.15) is 13.2 Å². The lowest BCUT2D eigenvalue weighted by molar-refractivity contribution is -0.190. The second kappa shape index (κ2) is 48.7. The van der Waals surface area contributed by atoms with Gasteiger partial charge >= 0.3 is 36.3 Å². The molecule has 7 aliphatic heterocycles. The van der Waals surface area contributed by atoms with Crippen molar-refractivity contribution in [2.75, 3.05) is 159 Å². The number of urea groups is 5. The van der Waals surface area contributed by atoms with E-state index in [0.29, 0.717) is 69.9 Å². The number of nitrogens with zero attached hydrogens (tertiary/aromatic N) is 11. The molecule has 35 heteroatoms. The largest absolute Gasteiger partial charge is 0.405 e. The number of amides is 16. The molecular weight excluding hydrogens is 1610 g/mol. The van der Waals surface area contributed by atoms with Gasteiger partial charge < -0.3 is 97.1 Å². The molecule has 32 nitrogen and oxygen atoms in total. The van der Waals surface area contributed by atoms with Crippen LogP contribution in [0.5, 0.6) is 0 Å². The van der Waals surface area contributed by atoms with Crippen LogP contribution in [-0.4, -0.2) is 352 Å². The summed E-state index contributed by atoms with van der Waals surface area (Å²) in [6.07, 6.45) is 4.53. The van der Waals surface area contributed by atoms with Crippen molar-refractivity contribution in [1.82, 2.24) is 102 Å². The van der Waals surface area contributed by atoms with Gasteiger partial charge in [0, 0.05) is 193 Å². The van der Waals surface area contributed by atoms with E-state index in [9.17, 15) is 65.9 Å². The fourth-order valence-electron chi connectivity index (χ4n) is 14.0. The lowest BCUT2D eigenvalue weighted by Gasteiger charge is -2.41. The summed E-state index contributed by atoms with van der Waals surface area (Å²) in [5, 5.41) is 35.6. The normalized spacial score (nSPS) is 21.2. The van der Waals surface area contributed by atoms with E-state index in [-0.39, 0.29) is 149 Å². The third kappa shape index (κ3) is 44.8. The van der Waals surface area contributed by atoms with Gasteiger partial charge in [-0.1, -0.05) is 41.2 Å². The quantitative estimate of drug-likeness (QED) is 0.0973.